The molecule has 21 heavy (non-hydrogen) atoms. The third-order valence-electron chi connectivity index (χ3n) is 3.67. The molecule has 1 aliphatic heterocycles. The Morgan fingerprint density at radius 3 is 2.81 bits per heavy atom. The van der Waals surface area contributed by atoms with Gasteiger partial charge in [-0.3, -0.25) is 4.68 Å². The highest BCUT2D eigenvalue weighted by Gasteiger charge is 2.38. The Hall–Kier alpha value is -1.59. The topological polar surface area (TPSA) is 36.3 Å². The normalized spacial score (nSPS) is 21.5. The van der Waals surface area contributed by atoms with Crippen molar-refractivity contribution in [3.8, 4) is 0 Å². The molecule has 1 aliphatic rings. The van der Waals surface area contributed by atoms with Crippen LogP contribution >= 0.6 is 0 Å². The molecule has 0 saturated carbocycles. The molecule has 1 aromatic heterocycles. The van der Waals surface area contributed by atoms with E-state index < -0.39 is 0 Å². The molecule has 1 unspecified atom stereocenters. The molecule has 3 rings (SSSR count). The average molecular weight is 284 g/mol. The molecule has 1 saturated heterocycles. The van der Waals surface area contributed by atoms with Crippen LogP contribution in [-0.2, 0) is 15.9 Å². The van der Waals surface area contributed by atoms with E-state index >= 15 is 0 Å². The van der Waals surface area contributed by atoms with Gasteiger partial charge in [0, 0.05) is 24.0 Å². The molecule has 0 bridgehead atoms. The minimum atomic E-state index is -0.326. The lowest BCUT2D eigenvalue weighted by Crippen LogP contribution is -2.51. The van der Waals surface area contributed by atoms with Crippen molar-refractivity contribution >= 4 is 12.6 Å². The Balaban J connectivity index is 1.73. The Labute approximate surface area is 126 Å². The molecule has 0 aliphatic carbocycles. The first-order valence-corrected chi connectivity index (χ1v) is 7.41. The summed E-state index contributed by atoms with van der Waals surface area (Å²) < 4.78 is 13.8. The second-order valence-corrected chi connectivity index (χ2v) is 6.32. The highest BCUT2D eigenvalue weighted by atomic mass is 16.6. The molecule has 1 fully saturated rings. The third kappa shape index (κ3) is 3.54. The van der Waals surface area contributed by atoms with Gasteiger partial charge in [0.15, 0.2) is 0 Å². The van der Waals surface area contributed by atoms with E-state index in [1.54, 1.807) is 0 Å². The first-order chi connectivity index (χ1) is 10.0. The van der Waals surface area contributed by atoms with Crippen LogP contribution in [-0.4, -0.2) is 28.6 Å². The first-order valence-electron chi connectivity index (χ1n) is 7.41. The van der Waals surface area contributed by atoms with E-state index in [1.165, 1.54) is 5.56 Å². The van der Waals surface area contributed by atoms with E-state index in [0.717, 1.165) is 18.4 Å². The molecule has 0 radical (unpaired) electrons. The Kier molecular flexibility index (Phi) is 3.87. The summed E-state index contributed by atoms with van der Waals surface area (Å²) in [6.07, 6.45) is 4.94. The van der Waals surface area contributed by atoms with Crippen LogP contribution in [0.15, 0.2) is 42.7 Å². The fraction of sp³-hybridized carbons (Fsp3) is 0.438. The van der Waals surface area contributed by atoms with Gasteiger partial charge < -0.3 is 9.31 Å². The van der Waals surface area contributed by atoms with Crippen molar-refractivity contribution in [3.05, 3.63) is 48.3 Å². The monoisotopic (exact) mass is 284 g/mol. The summed E-state index contributed by atoms with van der Waals surface area (Å²) in [5.74, 6) is 0. The molecule has 0 spiro atoms. The van der Waals surface area contributed by atoms with Gasteiger partial charge in [-0.2, -0.15) is 5.10 Å². The summed E-state index contributed by atoms with van der Waals surface area (Å²) in [6, 6.07) is 10.3. The molecule has 5 heteroatoms. The lowest BCUT2D eigenvalue weighted by atomic mass is 9.77. The summed E-state index contributed by atoms with van der Waals surface area (Å²) >= 11 is 0. The van der Waals surface area contributed by atoms with Crippen molar-refractivity contribution in [3.63, 3.8) is 0 Å². The van der Waals surface area contributed by atoms with Crippen molar-refractivity contribution < 1.29 is 9.31 Å². The van der Waals surface area contributed by atoms with Gasteiger partial charge in [-0.15, -0.1) is 0 Å². The van der Waals surface area contributed by atoms with Crippen LogP contribution in [0.4, 0.5) is 0 Å². The molecule has 1 aromatic carbocycles. The van der Waals surface area contributed by atoms with Gasteiger partial charge >= 0.3 is 7.12 Å². The van der Waals surface area contributed by atoms with E-state index in [0.29, 0.717) is 0 Å². The maximum atomic E-state index is 6.02. The highest BCUT2D eigenvalue weighted by Crippen LogP contribution is 2.25. The molecular weight excluding hydrogens is 263 g/mol. The molecular formula is C16H21BN2O2. The maximum absolute atomic E-state index is 6.02. The second kappa shape index (κ2) is 5.66. The second-order valence-electron chi connectivity index (χ2n) is 6.32. The van der Waals surface area contributed by atoms with Crippen LogP contribution < -0.4 is 5.46 Å². The van der Waals surface area contributed by atoms with Crippen LogP contribution in [0, 0.1) is 0 Å². The van der Waals surface area contributed by atoms with E-state index in [2.05, 4.69) is 38.0 Å². The van der Waals surface area contributed by atoms with Crippen LogP contribution in [0.3, 0.4) is 0 Å². The van der Waals surface area contributed by atoms with Crippen molar-refractivity contribution in [2.75, 3.05) is 0 Å². The minimum absolute atomic E-state index is 0.163. The number of hydrogen-bond donors (Lipinski definition) is 0. The molecule has 0 amide bonds. The average Bonchev–Trinajstić information content (AvgIpc) is 2.86. The van der Waals surface area contributed by atoms with Gasteiger partial charge in [0.25, 0.3) is 0 Å². The molecule has 0 N–H and O–H groups in total. The SMILES string of the molecule is CC1CC(C)(C)OB(c2cnn(Cc3ccccc3)c2)O1. The smallest absolute Gasteiger partial charge is 0.405 e. The summed E-state index contributed by atoms with van der Waals surface area (Å²) in [7, 11) is -0.326. The lowest BCUT2D eigenvalue weighted by Gasteiger charge is -2.37. The quantitative estimate of drug-likeness (QED) is 0.811. The van der Waals surface area contributed by atoms with Crippen LogP contribution in [0.5, 0.6) is 0 Å². The van der Waals surface area contributed by atoms with E-state index in [4.69, 9.17) is 9.31 Å². The summed E-state index contributed by atoms with van der Waals surface area (Å²) in [4.78, 5) is 0. The number of benzene rings is 1. The molecule has 2 aromatic rings. The molecule has 4 nitrogen and oxygen atoms in total. The molecule has 2 heterocycles. The zero-order valence-electron chi connectivity index (χ0n) is 12.8. The van der Waals surface area contributed by atoms with Gasteiger partial charge in [-0.05, 0) is 32.8 Å². The molecule has 1 atom stereocenters. The summed E-state index contributed by atoms with van der Waals surface area (Å²) in [6.45, 7) is 7.05. The first kappa shape index (κ1) is 14.4. The Morgan fingerprint density at radius 2 is 2.10 bits per heavy atom. The fourth-order valence-corrected chi connectivity index (χ4v) is 2.82. The predicted octanol–water partition coefficient (Wildman–Crippen LogP) is 2.23. The van der Waals surface area contributed by atoms with Crippen molar-refractivity contribution in [1.29, 1.82) is 0 Å². The minimum Gasteiger partial charge on any atom is -0.405 e. The largest absolute Gasteiger partial charge is 0.497 e. The number of hydrogen-bond acceptors (Lipinski definition) is 3. The van der Waals surface area contributed by atoms with Gasteiger partial charge in [0.2, 0.25) is 0 Å². The summed E-state index contributed by atoms with van der Waals surface area (Å²) in [5.41, 5.74) is 2.04. The van der Waals surface area contributed by atoms with Crippen molar-refractivity contribution in [1.82, 2.24) is 9.78 Å². The lowest BCUT2D eigenvalue weighted by molar-refractivity contribution is -0.0229. The number of rotatable bonds is 3. The van der Waals surface area contributed by atoms with Crippen molar-refractivity contribution in [2.45, 2.75) is 45.4 Å². The highest BCUT2D eigenvalue weighted by molar-refractivity contribution is 6.61. The van der Waals surface area contributed by atoms with E-state index in [9.17, 15) is 0 Å². The third-order valence-corrected chi connectivity index (χ3v) is 3.67. The van der Waals surface area contributed by atoms with Crippen LogP contribution in [0.25, 0.3) is 0 Å². The van der Waals surface area contributed by atoms with Crippen LogP contribution in [0.1, 0.15) is 32.8 Å². The zero-order valence-corrected chi connectivity index (χ0v) is 12.8. The van der Waals surface area contributed by atoms with Gasteiger partial charge in [-0.25, -0.2) is 0 Å². The Bertz CT molecular complexity index is 597. The van der Waals surface area contributed by atoms with Crippen molar-refractivity contribution in [2.24, 2.45) is 0 Å². The summed E-state index contributed by atoms with van der Waals surface area (Å²) in [5, 5.41) is 4.42. The van der Waals surface area contributed by atoms with Gasteiger partial charge in [0.1, 0.15) is 0 Å². The standard InChI is InChI=1S/C16H21BN2O2/c1-13-9-16(2,3)21-17(20-13)15-10-18-19(12-15)11-14-7-5-4-6-8-14/h4-8,10,12-13H,9,11H2,1-3H3. The van der Waals surface area contributed by atoms with E-state index in [1.807, 2.05) is 35.3 Å². The zero-order chi connectivity index (χ0) is 14.9. The fourth-order valence-electron chi connectivity index (χ4n) is 2.82. The molecule has 110 valence electrons. The van der Waals surface area contributed by atoms with E-state index in [-0.39, 0.29) is 18.8 Å². The number of aromatic nitrogens is 2. The van der Waals surface area contributed by atoms with Gasteiger partial charge in [0.05, 0.1) is 12.1 Å². The Morgan fingerprint density at radius 1 is 1.33 bits per heavy atom. The maximum Gasteiger partial charge on any atom is 0.497 e. The number of nitrogens with zero attached hydrogens (tertiary/aromatic N) is 2. The van der Waals surface area contributed by atoms with Gasteiger partial charge in [-0.1, -0.05) is 30.3 Å². The van der Waals surface area contributed by atoms with Crippen LogP contribution in [0.2, 0.25) is 0 Å². The predicted molar refractivity (Wildman–Crippen MR) is 83.5 cm³/mol.